The van der Waals surface area contributed by atoms with Crippen LogP contribution in [0.25, 0.3) is 0 Å². The number of hydrogen-bond acceptors (Lipinski definition) is 2. The van der Waals surface area contributed by atoms with Crippen LogP contribution in [0.1, 0.15) is 32.1 Å². The maximum absolute atomic E-state index is 11.2. The third-order valence-corrected chi connectivity index (χ3v) is 2.74. The molecule has 1 amide bonds. The first-order valence-electron chi connectivity index (χ1n) is 5.99. The highest BCUT2D eigenvalue weighted by molar-refractivity contribution is 5.84. The molecule has 0 atom stereocenters. The smallest absolute Gasteiger partial charge is 0.242 e. The first-order chi connectivity index (χ1) is 8.22. The number of rotatable bonds is 4. The number of carbonyl (C=O) groups is 1. The lowest BCUT2D eigenvalue weighted by molar-refractivity contribution is -0.119. The highest BCUT2D eigenvalue weighted by Crippen LogP contribution is 2.16. The fraction of sp³-hybridized carbons (Fsp3) is 0.667. The van der Waals surface area contributed by atoms with E-state index in [2.05, 4.69) is 21.5 Å². The molecule has 0 heterocycles. The van der Waals surface area contributed by atoms with E-state index in [9.17, 15) is 4.79 Å². The molecule has 0 aliphatic heterocycles. The van der Waals surface area contributed by atoms with Crippen LogP contribution >= 0.6 is 0 Å². The lowest BCUT2D eigenvalue weighted by Gasteiger charge is -2.23. The second-order valence-electron chi connectivity index (χ2n) is 4.16. The van der Waals surface area contributed by atoms with Gasteiger partial charge >= 0.3 is 0 Å². The number of nitrogens with two attached hydrogens (primary N) is 1. The zero-order valence-electron chi connectivity index (χ0n) is 10.0. The Morgan fingerprint density at radius 3 is 2.76 bits per heavy atom. The van der Waals surface area contributed by atoms with Crippen molar-refractivity contribution in [2.75, 3.05) is 13.1 Å². The van der Waals surface area contributed by atoms with Gasteiger partial charge in [-0.2, -0.15) is 0 Å². The number of terminal acetylenes is 1. The van der Waals surface area contributed by atoms with E-state index >= 15 is 0 Å². The Bertz CT molecular complexity index is 313. The van der Waals surface area contributed by atoms with Crippen LogP contribution < -0.4 is 16.4 Å². The Balaban J connectivity index is 2.23. The second kappa shape index (κ2) is 7.55. The molecule has 0 radical (unpaired) electrons. The van der Waals surface area contributed by atoms with Crippen LogP contribution in [0.15, 0.2) is 4.99 Å². The maximum atomic E-state index is 11.2. The third-order valence-electron chi connectivity index (χ3n) is 2.74. The number of hydrogen-bond donors (Lipinski definition) is 3. The molecule has 5 nitrogen and oxygen atoms in total. The largest absolute Gasteiger partial charge is 0.370 e. The van der Waals surface area contributed by atoms with Gasteiger partial charge in [0.2, 0.25) is 5.91 Å². The third kappa shape index (κ3) is 5.81. The van der Waals surface area contributed by atoms with Gasteiger partial charge in [0, 0.05) is 6.04 Å². The number of carbonyl (C=O) groups excluding carboxylic acids is 1. The molecule has 0 aromatic heterocycles. The van der Waals surface area contributed by atoms with Crippen molar-refractivity contribution >= 4 is 11.9 Å². The Labute approximate surface area is 102 Å². The molecule has 0 aromatic carbocycles. The van der Waals surface area contributed by atoms with Crippen LogP contribution in [0.5, 0.6) is 0 Å². The van der Waals surface area contributed by atoms with E-state index in [1.165, 1.54) is 19.3 Å². The summed E-state index contributed by atoms with van der Waals surface area (Å²) in [5, 5.41) is 5.66. The molecule has 1 saturated carbocycles. The normalized spacial score (nSPS) is 17.2. The predicted octanol–water partition coefficient (Wildman–Crippen LogP) is -0.0272. The topological polar surface area (TPSA) is 79.5 Å². The van der Waals surface area contributed by atoms with Crippen molar-refractivity contribution in [3.8, 4) is 12.3 Å². The summed E-state index contributed by atoms with van der Waals surface area (Å²) in [5.74, 6) is 2.45. The molecule has 0 saturated heterocycles. The van der Waals surface area contributed by atoms with E-state index < -0.39 is 0 Å². The molecule has 5 heteroatoms. The zero-order valence-corrected chi connectivity index (χ0v) is 10.0. The molecule has 94 valence electrons. The second-order valence-corrected chi connectivity index (χ2v) is 4.16. The summed E-state index contributed by atoms with van der Waals surface area (Å²) >= 11 is 0. The molecule has 0 unspecified atom stereocenters. The van der Waals surface area contributed by atoms with Crippen molar-refractivity contribution in [1.29, 1.82) is 0 Å². The summed E-state index contributed by atoms with van der Waals surface area (Å²) < 4.78 is 0. The van der Waals surface area contributed by atoms with Gasteiger partial charge in [-0.25, -0.2) is 4.99 Å². The average molecular weight is 236 g/mol. The van der Waals surface area contributed by atoms with E-state index in [0.717, 1.165) is 12.8 Å². The SMILES string of the molecule is C#CCNC(=O)CN=C(N)NC1CCCCC1. The van der Waals surface area contributed by atoms with E-state index in [1.54, 1.807) is 0 Å². The first-order valence-corrected chi connectivity index (χ1v) is 5.99. The van der Waals surface area contributed by atoms with Gasteiger partial charge in [0.25, 0.3) is 0 Å². The minimum absolute atomic E-state index is 0.0211. The van der Waals surface area contributed by atoms with Crippen molar-refractivity contribution in [3.63, 3.8) is 0 Å². The molecule has 1 fully saturated rings. The van der Waals surface area contributed by atoms with E-state index in [-0.39, 0.29) is 19.0 Å². The highest BCUT2D eigenvalue weighted by Gasteiger charge is 2.13. The lowest BCUT2D eigenvalue weighted by atomic mass is 9.96. The Hall–Kier alpha value is -1.70. The number of nitrogens with zero attached hydrogens (tertiary/aromatic N) is 1. The Morgan fingerprint density at radius 2 is 2.12 bits per heavy atom. The summed E-state index contributed by atoms with van der Waals surface area (Å²) in [5.41, 5.74) is 5.70. The van der Waals surface area contributed by atoms with Crippen LogP contribution in [-0.2, 0) is 4.79 Å². The van der Waals surface area contributed by atoms with Crippen molar-refractivity contribution in [3.05, 3.63) is 0 Å². The van der Waals surface area contributed by atoms with Crippen molar-refractivity contribution < 1.29 is 4.79 Å². The molecular formula is C12H20N4O. The van der Waals surface area contributed by atoms with Gasteiger partial charge in [0.15, 0.2) is 5.96 Å². The molecule has 17 heavy (non-hydrogen) atoms. The standard InChI is InChI=1S/C12H20N4O/c1-2-8-14-11(17)9-15-12(13)16-10-6-4-3-5-7-10/h1,10H,3-9H2,(H,14,17)(H3,13,15,16). The van der Waals surface area contributed by atoms with Gasteiger partial charge in [-0.1, -0.05) is 25.2 Å². The fourth-order valence-corrected chi connectivity index (χ4v) is 1.86. The van der Waals surface area contributed by atoms with Crippen LogP contribution in [0.3, 0.4) is 0 Å². The van der Waals surface area contributed by atoms with Gasteiger partial charge < -0.3 is 16.4 Å². The Kier molecular flexibility index (Phi) is 5.94. The van der Waals surface area contributed by atoms with E-state index in [1.807, 2.05) is 0 Å². The number of nitrogens with one attached hydrogen (secondary N) is 2. The average Bonchev–Trinajstić information content (AvgIpc) is 2.35. The summed E-state index contributed by atoms with van der Waals surface area (Å²) in [6.07, 6.45) is 11.0. The predicted molar refractivity (Wildman–Crippen MR) is 68.3 cm³/mol. The molecule has 1 aliphatic rings. The van der Waals surface area contributed by atoms with Crippen LogP contribution in [0.2, 0.25) is 0 Å². The number of aliphatic imine (C=N–C) groups is 1. The molecule has 4 N–H and O–H groups in total. The summed E-state index contributed by atoms with van der Waals surface area (Å²) in [7, 11) is 0. The molecule has 0 aromatic rings. The summed E-state index contributed by atoms with van der Waals surface area (Å²) in [4.78, 5) is 15.2. The molecule has 0 spiro atoms. The molecule has 1 rings (SSSR count). The van der Waals surface area contributed by atoms with Crippen molar-refractivity contribution in [2.24, 2.45) is 10.7 Å². The van der Waals surface area contributed by atoms with Crippen molar-refractivity contribution in [2.45, 2.75) is 38.1 Å². The minimum atomic E-state index is -0.212. The van der Waals surface area contributed by atoms with Gasteiger partial charge in [-0.15, -0.1) is 6.42 Å². The van der Waals surface area contributed by atoms with Crippen LogP contribution in [-0.4, -0.2) is 31.0 Å². The number of amides is 1. The fourth-order valence-electron chi connectivity index (χ4n) is 1.86. The van der Waals surface area contributed by atoms with Gasteiger partial charge in [0.1, 0.15) is 6.54 Å². The molecular weight excluding hydrogens is 216 g/mol. The summed E-state index contributed by atoms with van der Waals surface area (Å²) in [6, 6.07) is 0.404. The highest BCUT2D eigenvalue weighted by atomic mass is 16.1. The lowest BCUT2D eigenvalue weighted by Crippen LogP contribution is -2.41. The van der Waals surface area contributed by atoms with E-state index in [0.29, 0.717) is 12.0 Å². The minimum Gasteiger partial charge on any atom is -0.370 e. The monoisotopic (exact) mass is 236 g/mol. The zero-order chi connectivity index (χ0) is 12.5. The van der Waals surface area contributed by atoms with Gasteiger partial charge in [0.05, 0.1) is 6.54 Å². The Morgan fingerprint density at radius 1 is 1.41 bits per heavy atom. The quantitative estimate of drug-likeness (QED) is 0.364. The maximum Gasteiger partial charge on any atom is 0.242 e. The van der Waals surface area contributed by atoms with E-state index in [4.69, 9.17) is 12.2 Å². The number of guanidine groups is 1. The van der Waals surface area contributed by atoms with Gasteiger partial charge in [-0.3, -0.25) is 4.79 Å². The first kappa shape index (κ1) is 13.4. The van der Waals surface area contributed by atoms with Crippen LogP contribution in [0, 0.1) is 12.3 Å². The molecule has 1 aliphatic carbocycles. The van der Waals surface area contributed by atoms with Crippen molar-refractivity contribution in [1.82, 2.24) is 10.6 Å². The summed E-state index contributed by atoms with van der Waals surface area (Å²) in [6.45, 7) is 0.248. The van der Waals surface area contributed by atoms with Gasteiger partial charge in [-0.05, 0) is 12.8 Å². The van der Waals surface area contributed by atoms with Crippen LogP contribution in [0.4, 0.5) is 0 Å². The molecule has 0 bridgehead atoms.